The molecule has 2 heterocycles. The lowest BCUT2D eigenvalue weighted by molar-refractivity contribution is -0.312. The lowest BCUT2D eigenvalue weighted by Crippen LogP contribution is -2.62. The minimum atomic E-state index is -1.32. The molecule has 2 aromatic rings. The third-order valence-corrected chi connectivity index (χ3v) is 6.41. The van der Waals surface area contributed by atoms with Crippen LogP contribution in [0.2, 0.25) is 10.0 Å². The fourth-order valence-electron chi connectivity index (χ4n) is 4.56. The van der Waals surface area contributed by atoms with Crippen LogP contribution < -0.4 is 5.11 Å². The molecule has 1 aliphatic heterocycles. The van der Waals surface area contributed by atoms with Gasteiger partial charge in [-0.15, -0.1) is 0 Å². The second-order valence-electron chi connectivity index (χ2n) is 9.45. The third kappa shape index (κ3) is 5.10. The fourth-order valence-corrected chi connectivity index (χ4v) is 4.94. The molecule has 1 amide bonds. The first kappa shape index (κ1) is 23.8. The van der Waals surface area contributed by atoms with Crippen molar-refractivity contribution < 1.29 is 19.4 Å². The van der Waals surface area contributed by atoms with Crippen LogP contribution in [0.1, 0.15) is 49.2 Å². The summed E-state index contributed by atoms with van der Waals surface area (Å²) in [5.74, 6) is -1.32. The summed E-state index contributed by atoms with van der Waals surface area (Å²) in [4.78, 5) is 32.7. The van der Waals surface area contributed by atoms with Crippen molar-refractivity contribution in [3.63, 3.8) is 0 Å². The number of nitrogens with zero attached hydrogens (tertiary/aromatic N) is 3. The highest BCUT2D eigenvalue weighted by atomic mass is 35.5. The van der Waals surface area contributed by atoms with Gasteiger partial charge in [-0.05, 0) is 68.5 Å². The summed E-state index contributed by atoms with van der Waals surface area (Å²) in [5.41, 5.74) is 3.23. The number of carbonyl (C=O) groups is 2. The second kappa shape index (κ2) is 9.12. The number of aliphatic carboxylic acids is 1. The average molecular weight is 491 g/mol. The largest absolute Gasteiger partial charge is 0.548 e. The highest BCUT2D eigenvalue weighted by Gasteiger charge is 2.39. The number of carboxylic acids is 1. The van der Waals surface area contributed by atoms with E-state index in [4.69, 9.17) is 27.9 Å². The van der Waals surface area contributed by atoms with Crippen LogP contribution in [-0.4, -0.2) is 58.1 Å². The number of fused-ring (bicyclic) bond motifs is 2. The van der Waals surface area contributed by atoms with Gasteiger partial charge in [0.25, 0.3) is 0 Å². The molecule has 0 bridgehead atoms. The van der Waals surface area contributed by atoms with Crippen LogP contribution in [0.4, 0.5) is 4.79 Å². The van der Waals surface area contributed by atoms with E-state index < -0.39 is 23.7 Å². The molecule has 0 saturated carbocycles. The molecule has 1 saturated heterocycles. The summed E-state index contributed by atoms with van der Waals surface area (Å²) in [7, 11) is 0. The molecule has 4 rings (SSSR count). The first-order chi connectivity index (χ1) is 15.5. The standard InChI is InChI=1S/C24H27Cl2N3O4/c1-24(2,3)33-23(32)29-9-8-28(13-19(29)22(30)31)21-18-7-6-16(25)10-14(18)4-5-15-11-17(26)12-27-20(15)21/h6-7,10-12,19,21H,4-5,8-9,13H2,1-3H3,(H,30,31)/p-1/t19-,21-/m1/s1. The van der Waals surface area contributed by atoms with Crippen molar-refractivity contribution in [2.24, 2.45) is 0 Å². The molecule has 0 spiro atoms. The number of halogens is 2. The molecule has 0 unspecified atom stereocenters. The number of piperazine rings is 1. The van der Waals surface area contributed by atoms with Crippen LogP contribution in [0, 0.1) is 0 Å². The first-order valence-electron chi connectivity index (χ1n) is 10.9. The zero-order valence-corrected chi connectivity index (χ0v) is 20.3. The summed E-state index contributed by atoms with van der Waals surface area (Å²) in [6.07, 6.45) is 2.47. The molecule has 2 aliphatic rings. The average Bonchev–Trinajstić information content (AvgIpc) is 2.88. The lowest BCUT2D eigenvalue weighted by Gasteiger charge is -2.45. The first-order valence-corrected chi connectivity index (χ1v) is 11.7. The molecule has 0 radical (unpaired) electrons. The van der Waals surface area contributed by atoms with Crippen LogP contribution in [0.5, 0.6) is 0 Å². The van der Waals surface area contributed by atoms with Crippen molar-refractivity contribution in [2.75, 3.05) is 19.6 Å². The Bertz CT molecular complexity index is 1030. The van der Waals surface area contributed by atoms with E-state index in [9.17, 15) is 14.7 Å². The van der Waals surface area contributed by atoms with Crippen LogP contribution in [-0.2, 0) is 22.4 Å². The second-order valence-corrected chi connectivity index (χ2v) is 10.3. The molecule has 33 heavy (non-hydrogen) atoms. The summed E-state index contributed by atoms with van der Waals surface area (Å²) in [6, 6.07) is 6.23. The van der Waals surface area contributed by atoms with Gasteiger partial charge in [-0.3, -0.25) is 14.8 Å². The third-order valence-electron chi connectivity index (χ3n) is 5.97. The van der Waals surface area contributed by atoms with Gasteiger partial charge >= 0.3 is 6.09 Å². The van der Waals surface area contributed by atoms with Gasteiger partial charge < -0.3 is 14.6 Å². The van der Waals surface area contributed by atoms with Crippen LogP contribution in [0.3, 0.4) is 0 Å². The van der Waals surface area contributed by atoms with Crippen LogP contribution in [0.25, 0.3) is 0 Å². The quantitative estimate of drug-likeness (QED) is 0.642. The molecule has 2 atom stereocenters. The molecule has 9 heteroatoms. The van der Waals surface area contributed by atoms with Gasteiger partial charge in [0.2, 0.25) is 0 Å². The Morgan fingerprint density at radius 1 is 1.09 bits per heavy atom. The van der Waals surface area contributed by atoms with Crippen molar-refractivity contribution in [1.82, 2.24) is 14.8 Å². The van der Waals surface area contributed by atoms with Crippen LogP contribution >= 0.6 is 23.2 Å². The van der Waals surface area contributed by atoms with E-state index >= 15 is 0 Å². The Morgan fingerprint density at radius 3 is 2.48 bits per heavy atom. The number of hydrogen-bond acceptors (Lipinski definition) is 6. The molecule has 1 fully saturated rings. The Balaban J connectivity index is 1.71. The SMILES string of the molecule is CC(C)(C)OC(=O)N1CCN([C@@H]2c3ccc(Cl)cc3CCc3cc(Cl)cnc32)C[C@@H]1C(=O)[O-]. The number of carbonyl (C=O) groups excluding carboxylic acids is 2. The van der Waals surface area contributed by atoms with Gasteiger partial charge in [0.05, 0.1) is 28.8 Å². The number of hydrogen-bond donors (Lipinski definition) is 0. The Kier molecular flexibility index (Phi) is 6.58. The van der Waals surface area contributed by atoms with E-state index in [1.54, 1.807) is 27.0 Å². The van der Waals surface area contributed by atoms with E-state index in [1.807, 2.05) is 29.2 Å². The Morgan fingerprint density at radius 2 is 1.79 bits per heavy atom. The van der Waals surface area contributed by atoms with Crippen molar-refractivity contribution in [1.29, 1.82) is 0 Å². The van der Waals surface area contributed by atoms with Gasteiger partial charge in [0.15, 0.2) is 0 Å². The molecule has 1 aromatic heterocycles. The van der Waals surface area contributed by atoms with E-state index in [-0.39, 0.29) is 19.1 Å². The molecule has 7 nitrogen and oxygen atoms in total. The van der Waals surface area contributed by atoms with Gasteiger partial charge in [-0.1, -0.05) is 29.3 Å². The molecule has 0 N–H and O–H groups in total. The predicted octanol–water partition coefficient (Wildman–Crippen LogP) is 3.25. The number of aryl methyl sites for hydroxylation is 2. The number of aromatic nitrogens is 1. The van der Waals surface area contributed by atoms with Crippen molar-refractivity contribution in [3.05, 3.63) is 62.9 Å². The number of ether oxygens (including phenoxy) is 1. The topological polar surface area (TPSA) is 85.8 Å². The predicted molar refractivity (Wildman–Crippen MR) is 123 cm³/mol. The number of carboxylic acid groups (broad SMARTS) is 1. The maximum atomic E-state index is 12.7. The van der Waals surface area contributed by atoms with Gasteiger partial charge in [0.1, 0.15) is 5.60 Å². The normalized spacial score (nSPS) is 21.1. The number of rotatable bonds is 2. The maximum Gasteiger partial charge on any atom is 0.410 e. The van der Waals surface area contributed by atoms with E-state index in [1.165, 1.54) is 4.90 Å². The Labute approximate surface area is 203 Å². The summed E-state index contributed by atoms with van der Waals surface area (Å²) < 4.78 is 5.43. The minimum absolute atomic E-state index is 0.0814. The van der Waals surface area contributed by atoms with Gasteiger partial charge in [-0.2, -0.15) is 0 Å². The Hall–Kier alpha value is -2.35. The van der Waals surface area contributed by atoms with Gasteiger partial charge in [0, 0.05) is 30.9 Å². The highest BCUT2D eigenvalue weighted by Crippen LogP contribution is 2.38. The van der Waals surface area contributed by atoms with E-state index in [0.717, 1.165) is 35.2 Å². The summed E-state index contributed by atoms with van der Waals surface area (Å²) in [5, 5.41) is 13.3. The fraction of sp³-hybridized carbons (Fsp3) is 0.458. The van der Waals surface area contributed by atoms with E-state index in [0.29, 0.717) is 16.6 Å². The zero-order valence-electron chi connectivity index (χ0n) is 18.8. The molecule has 1 aliphatic carbocycles. The van der Waals surface area contributed by atoms with Crippen molar-refractivity contribution in [2.45, 2.75) is 51.3 Å². The van der Waals surface area contributed by atoms with Crippen molar-refractivity contribution >= 4 is 35.3 Å². The number of benzene rings is 1. The summed E-state index contributed by atoms with van der Waals surface area (Å²) in [6.45, 7) is 5.96. The van der Waals surface area contributed by atoms with Crippen molar-refractivity contribution in [3.8, 4) is 0 Å². The molecule has 1 aromatic carbocycles. The number of amides is 1. The van der Waals surface area contributed by atoms with Crippen LogP contribution in [0.15, 0.2) is 30.5 Å². The monoisotopic (exact) mass is 490 g/mol. The highest BCUT2D eigenvalue weighted by molar-refractivity contribution is 6.30. The van der Waals surface area contributed by atoms with Gasteiger partial charge in [-0.25, -0.2) is 4.79 Å². The summed E-state index contributed by atoms with van der Waals surface area (Å²) >= 11 is 12.5. The van der Waals surface area contributed by atoms with E-state index in [2.05, 4.69) is 4.98 Å². The zero-order chi connectivity index (χ0) is 23.9. The number of pyridine rings is 1. The smallest absolute Gasteiger partial charge is 0.410 e. The minimum Gasteiger partial charge on any atom is -0.548 e. The molecular weight excluding hydrogens is 465 g/mol. The maximum absolute atomic E-state index is 12.7. The lowest BCUT2D eigenvalue weighted by atomic mass is 9.95. The molecular formula is C24H26Cl2N3O4-. The molecule has 176 valence electrons.